The smallest absolute Gasteiger partial charge is 0.191 e. The van der Waals surface area contributed by atoms with Gasteiger partial charge in [-0.05, 0) is 39.3 Å². The van der Waals surface area contributed by atoms with E-state index in [-0.39, 0.29) is 35.7 Å². The summed E-state index contributed by atoms with van der Waals surface area (Å²) in [5.41, 5.74) is 2.00. The third kappa shape index (κ3) is 8.23. The van der Waals surface area contributed by atoms with Gasteiger partial charge in [0.1, 0.15) is 11.9 Å². The van der Waals surface area contributed by atoms with Crippen LogP contribution in [0.2, 0.25) is 0 Å². The minimum atomic E-state index is -0.253. The molecule has 0 saturated carbocycles. The molecule has 154 valence electrons. The number of rotatable bonds is 8. The Morgan fingerprint density at radius 2 is 2.11 bits per heavy atom. The summed E-state index contributed by atoms with van der Waals surface area (Å²) in [7, 11) is 1.72. The van der Waals surface area contributed by atoms with Gasteiger partial charge in [-0.1, -0.05) is 12.1 Å². The molecule has 2 N–H and O–H groups in total. The Morgan fingerprint density at radius 3 is 2.74 bits per heavy atom. The van der Waals surface area contributed by atoms with Gasteiger partial charge in [-0.25, -0.2) is 4.99 Å². The van der Waals surface area contributed by atoms with Crippen molar-refractivity contribution in [3.8, 4) is 5.75 Å². The van der Waals surface area contributed by atoms with Crippen LogP contribution < -0.4 is 15.4 Å². The molecule has 1 heterocycles. The van der Waals surface area contributed by atoms with Gasteiger partial charge in [0, 0.05) is 32.2 Å². The first-order valence-corrected chi connectivity index (χ1v) is 9.35. The highest BCUT2D eigenvalue weighted by atomic mass is 127. The topological polar surface area (TPSA) is 64.1 Å². The second-order valence-electron chi connectivity index (χ2n) is 7.23. The number of ether oxygens (including phenoxy) is 3. The molecule has 6 nitrogen and oxygen atoms in total. The molecule has 0 radical (unpaired) electrons. The lowest BCUT2D eigenvalue weighted by Gasteiger charge is -2.24. The molecule has 1 aromatic rings. The molecule has 0 amide bonds. The first-order valence-electron chi connectivity index (χ1n) is 9.35. The zero-order valence-electron chi connectivity index (χ0n) is 17.1. The number of guanidine groups is 1. The Labute approximate surface area is 180 Å². The van der Waals surface area contributed by atoms with Crippen LogP contribution in [0.3, 0.4) is 0 Å². The summed E-state index contributed by atoms with van der Waals surface area (Å²) in [5, 5.41) is 6.62. The van der Waals surface area contributed by atoms with Crippen molar-refractivity contribution in [1.29, 1.82) is 0 Å². The molecule has 1 aliphatic heterocycles. The van der Waals surface area contributed by atoms with E-state index < -0.39 is 0 Å². The van der Waals surface area contributed by atoms with Crippen molar-refractivity contribution in [2.75, 3.05) is 33.4 Å². The molecule has 1 fully saturated rings. The Balaban J connectivity index is 0.00000364. The molecule has 0 aliphatic carbocycles. The van der Waals surface area contributed by atoms with Gasteiger partial charge in [0.2, 0.25) is 0 Å². The Kier molecular flexibility index (Phi) is 10.4. The fraction of sp³-hybridized carbons (Fsp3) is 0.650. The molecule has 1 aliphatic rings. The van der Waals surface area contributed by atoms with Crippen LogP contribution in [0.1, 0.15) is 38.3 Å². The number of methoxy groups -OCH3 is 1. The molecule has 1 aromatic carbocycles. The van der Waals surface area contributed by atoms with Gasteiger partial charge in [0.25, 0.3) is 0 Å². The van der Waals surface area contributed by atoms with Gasteiger partial charge in [-0.2, -0.15) is 0 Å². The highest BCUT2D eigenvalue weighted by Gasteiger charge is 2.19. The lowest BCUT2D eigenvalue weighted by atomic mass is 10.1. The van der Waals surface area contributed by atoms with Gasteiger partial charge in [0.05, 0.1) is 25.4 Å². The van der Waals surface area contributed by atoms with Crippen LogP contribution in [-0.2, 0) is 16.0 Å². The summed E-state index contributed by atoms with van der Waals surface area (Å²) in [6.07, 6.45) is 1.07. The first-order chi connectivity index (χ1) is 12.4. The number of benzene rings is 1. The van der Waals surface area contributed by atoms with Crippen LogP contribution in [0.15, 0.2) is 23.2 Å². The van der Waals surface area contributed by atoms with Gasteiger partial charge < -0.3 is 24.8 Å². The number of aryl methyl sites for hydroxylation is 1. The minimum Gasteiger partial charge on any atom is -0.488 e. The monoisotopic (exact) mass is 491 g/mol. The van der Waals surface area contributed by atoms with Crippen LogP contribution in [0.4, 0.5) is 0 Å². The van der Waals surface area contributed by atoms with Crippen molar-refractivity contribution in [3.05, 3.63) is 29.3 Å². The van der Waals surface area contributed by atoms with Gasteiger partial charge in [-0.3, -0.25) is 0 Å². The number of halogens is 1. The number of nitrogens with one attached hydrogen (secondary N) is 2. The molecule has 0 spiro atoms. The second-order valence-corrected chi connectivity index (χ2v) is 7.23. The van der Waals surface area contributed by atoms with E-state index in [1.165, 1.54) is 5.56 Å². The van der Waals surface area contributed by atoms with Crippen LogP contribution in [0.5, 0.6) is 5.75 Å². The maximum absolute atomic E-state index is 6.16. The average molecular weight is 491 g/mol. The Hall–Kier alpha value is -1.06. The van der Waals surface area contributed by atoms with Gasteiger partial charge >= 0.3 is 0 Å². The third-order valence-electron chi connectivity index (χ3n) is 4.39. The molecule has 0 aromatic heterocycles. The van der Waals surface area contributed by atoms with Crippen molar-refractivity contribution < 1.29 is 14.2 Å². The maximum atomic E-state index is 6.16. The van der Waals surface area contributed by atoms with Crippen LogP contribution in [0.25, 0.3) is 0 Å². The predicted molar refractivity (Wildman–Crippen MR) is 120 cm³/mol. The summed E-state index contributed by atoms with van der Waals surface area (Å²) < 4.78 is 17.0. The summed E-state index contributed by atoms with van der Waals surface area (Å²) in [4.78, 5) is 4.71. The lowest BCUT2D eigenvalue weighted by molar-refractivity contribution is 0.0268. The van der Waals surface area contributed by atoms with Crippen molar-refractivity contribution >= 4 is 29.9 Å². The van der Waals surface area contributed by atoms with E-state index in [2.05, 4.69) is 42.7 Å². The van der Waals surface area contributed by atoms with Crippen molar-refractivity contribution in [2.45, 2.75) is 52.4 Å². The lowest BCUT2D eigenvalue weighted by Crippen LogP contribution is -2.45. The maximum Gasteiger partial charge on any atom is 0.191 e. The molecule has 7 heteroatoms. The minimum absolute atomic E-state index is 0. The largest absolute Gasteiger partial charge is 0.488 e. The third-order valence-corrected chi connectivity index (χ3v) is 4.39. The molecule has 1 unspecified atom stereocenters. The van der Waals surface area contributed by atoms with Crippen molar-refractivity contribution in [1.82, 2.24) is 10.6 Å². The number of hydrogen-bond acceptors (Lipinski definition) is 4. The molecule has 0 bridgehead atoms. The molecule has 27 heavy (non-hydrogen) atoms. The molecular formula is C20H34IN3O3. The van der Waals surface area contributed by atoms with Crippen molar-refractivity contribution in [2.24, 2.45) is 4.99 Å². The zero-order valence-corrected chi connectivity index (χ0v) is 19.5. The van der Waals surface area contributed by atoms with E-state index in [1.807, 2.05) is 13.8 Å². The normalized spacial score (nSPS) is 17.4. The Bertz CT molecular complexity index is 602. The highest BCUT2D eigenvalue weighted by molar-refractivity contribution is 14.0. The fourth-order valence-corrected chi connectivity index (χ4v) is 2.56. The summed E-state index contributed by atoms with van der Waals surface area (Å²) in [6, 6.07) is 6.27. The summed E-state index contributed by atoms with van der Waals surface area (Å²) in [6.45, 7) is 11.7. The predicted octanol–water partition coefficient (Wildman–Crippen LogP) is 3.26. The van der Waals surface area contributed by atoms with Gasteiger partial charge in [-0.15, -0.1) is 24.0 Å². The van der Waals surface area contributed by atoms with Crippen LogP contribution in [0, 0.1) is 6.92 Å². The van der Waals surface area contributed by atoms with E-state index >= 15 is 0 Å². The van der Waals surface area contributed by atoms with Crippen LogP contribution in [-0.4, -0.2) is 51.1 Å². The second kappa shape index (κ2) is 11.7. The number of nitrogens with zero attached hydrogens (tertiary/aromatic N) is 1. The molecule has 1 saturated heterocycles. The molecule has 2 rings (SSSR count). The molecule has 1 atom stereocenters. The standard InChI is InChI=1S/C20H33N3O3.HI/c1-6-21-19(23-14-20(3,4)24-5)22-12-16-8-7-15(2)11-18(16)26-17-9-10-25-13-17;/h7-8,11,17H,6,9-10,12-14H2,1-5H3,(H2,21,22,23);1H. The number of aliphatic imine (C=N–C) groups is 1. The van der Waals surface area contributed by atoms with Crippen LogP contribution >= 0.6 is 24.0 Å². The number of hydrogen-bond donors (Lipinski definition) is 2. The van der Waals surface area contributed by atoms with E-state index in [9.17, 15) is 0 Å². The fourth-order valence-electron chi connectivity index (χ4n) is 2.56. The first kappa shape index (κ1) is 24.0. The summed E-state index contributed by atoms with van der Waals surface area (Å²) in [5.74, 6) is 1.67. The van der Waals surface area contributed by atoms with E-state index in [0.29, 0.717) is 19.7 Å². The van der Waals surface area contributed by atoms with E-state index in [1.54, 1.807) is 7.11 Å². The quantitative estimate of drug-likeness (QED) is 0.332. The molecular weight excluding hydrogens is 457 g/mol. The average Bonchev–Trinajstić information content (AvgIpc) is 3.12. The SMILES string of the molecule is CCNC(=NCc1ccc(C)cc1OC1CCOC1)NCC(C)(C)OC.I. The van der Waals surface area contributed by atoms with E-state index in [0.717, 1.165) is 36.8 Å². The zero-order chi connectivity index (χ0) is 19.0. The van der Waals surface area contributed by atoms with Crippen molar-refractivity contribution in [3.63, 3.8) is 0 Å². The highest BCUT2D eigenvalue weighted by Crippen LogP contribution is 2.24. The van der Waals surface area contributed by atoms with Gasteiger partial charge in [0.15, 0.2) is 5.96 Å². The Morgan fingerprint density at radius 1 is 1.33 bits per heavy atom. The summed E-state index contributed by atoms with van der Waals surface area (Å²) >= 11 is 0. The van der Waals surface area contributed by atoms with E-state index in [4.69, 9.17) is 19.2 Å².